The zero-order valence-electron chi connectivity index (χ0n) is 11.8. The number of imidazole rings is 1. The highest BCUT2D eigenvalue weighted by Gasteiger charge is 2.09. The first-order valence-corrected chi connectivity index (χ1v) is 6.76. The molecule has 0 aliphatic heterocycles. The smallest absolute Gasteiger partial charge is 0.140 e. The summed E-state index contributed by atoms with van der Waals surface area (Å²) in [4.78, 5) is 4.57. The van der Waals surface area contributed by atoms with E-state index >= 15 is 0 Å². The molecular weight excluding hydrogens is 265 g/mol. The molecular formula is C17H16FN3. The molecule has 0 bridgehead atoms. The van der Waals surface area contributed by atoms with Gasteiger partial charge in [0.05, 0.1) is 5.69 Å². The van der Waals surface area contributed by atoms with Crippen LogP contribution in [-0.4, -0.2) is 9.55 Å². The average Bonchev–Trinajstić information content (AvgIpc) is 2.82. The first-order chi connectivity index (χ1) is 10.1. The summed E-state index contributed by atoms with van der Waals surface area (Å²) in [6, 6.07) is 14.2. The molecule has 1 heterocycles. The predicted molar refractivity (Wildman–Crippen MR) is 82.3 cm³/mol. The number of hydrogen-bond donors (Lipinski definition) is 1. The first kappa shape index (κ1) is 13.4. The second-order valence-electron chi connectivity index (χ2n) is 5.09. The van der Waals surface area contributed by atoms with E-state index in [9.17, 15) is 4.39 Å². The summed E-state index contributed by atoms with van der Waals surface area (Å²) in [5.74, 6) is 0.640. The molecule has 0 amide bonds. The van der Waals surface area contributed by atoms with Gasteiger partial charge in [-0.1, -0.05) is 24.3 Å². The van der Waals surface area contributed by atoms with E-state index in [1.54, 1.807) is 12.1 Å². The minimum atomic E-state index is -0.225. The highest BCUT2D eigenvalue weighted by molar-refractivity contribution is 5.61. The van der Waals surface area contributed by atoms with Crippen molar-refractivity contribution in [1.29, 1.82) is 0 Å². The maximum Gasteiger partial charge on any atom is 0.140 e. The molecule has 0 unspecified atom stereocenters. The van der Waals surface area contributed by atoms with E-state index < -0.39 is 0 Å². The highest BCUT2D eigenvalue weighted by Crippen LogP contribution is 2.22. The number of nitrogens with two attached hydrogens (primary N) is 1. The molecule has 0 spiro atoms. The van der Waals surface area contributed by atoms with Crippen LogP contribution in [-0.2, 0) is 6.54 Å². The Kier molecular flexibility index (Phi) is 3.44. The molecule has 3 rings (SSSR count). The van der Waals surface area contributed by atoms with Gasteiger partial charge in [-0.15, -0.1) is 0 Å². The van der Waals surface area contributed by atoms with Gasteiger partial charge < -0.3 is 10.3 Å². The molecule has 3 aromatic rings. The van der Waals surface area contributed by atoms with Gasteiger partial charge in [0.1, 0.15) is 11.6 Å². The molecule has 0 radical (unpaired) electrons. The molecule has 1 aromatic heterocycles. The lowest BCUT2D eigenvalue weighted by atomic mass is 10.1. The standard InChI is InChI=1S/C17H16FN3/c1-12-10-21(11-13-5-7-15(18)8-6-13)17(20-12)14-3-2-4-16(19)9-14/h2-10H,11,19H2,1H3. The van der Waals surface area contributed by atoms with Crippen LogP contribution in [0.5, 0.6) is 0 Å². The number of aryl methyl sites for hydroxylation is 1. The van der Waals surface area contributed by atoms with Crippen molar-refractivity contribution in [2.75, 3.05) is 5.73 Å². The SMILES string of the molecule is Cc1cn(Cc2ccc(F)cc2)c(-c2cccc(N)c2)n1. The third-order valence-electron chi connectivity index (χ3n) is 3.31. The molecule has 2 aromatic carbocycles. The van der Waals surface area contributed by atoms with Crippen molar-refractivity contribution in [2.24, 2.45) is 0 Å². The Morgan fingerprint density at radius 3 is 2.62 bits per heavy atom. The molecule has 0 saturated heterocycles. The van der Waals surface area contributed by atoms with Gasteiger partial charge in [0, 0.05) is 24.0 Å². The topological polar surface area (TPSA) is 43.8 Å². The molecule has 21 heavy (non-hydrogen) atoms. The van der Waals surface area contributed by atoms with Crippen LogP contribution < -0.4 is 5.73 Å². The van der Waals surface area contributed by atoms with Gasteiger partial charge >= 0.3 is 0 Å². The van der Waals surface area contributed by atoms with Crippen molar-refractivity contribution < 1.29 is 4.39 Å². The Bertz CT molecular complexity index is 760. The Hall–Kier alpha value is -2.62. The number of hydrogen-bond acceptors (Lipinski definition) is 2. The van der Waals surface area contributed by atoms with E-state index in [-0.39, 0.29) is 5.82 Å². The summed E-state index contributed by atoms with van der Waals surface area (Å²) < 4.78 is 15.0. The van der Waals surface area contributed by atoms with Crippen molar-refractivity contribution in [1.82, 2.24) is 9.55 Å². The molecule has 0 saturated carbocycles. The lowest BCUT2D eigenvalue weighted by Gasteiger charge is -2.08. The van der Waals surface area contributed by atoms with Crippen molar-refractivity contribution in [3.8, 4) is 11.4 Å². The van der Waals surface area contributed by atoms with Crippen LogP contribution in [0, 0.1) is 12.7 Å². The fourth-order valence-corrected chi connectivity index (χ4v) is 2.36. The van der Waals surface area contributed by atoms with Crippen LogP contribution in [0.1, 0.15) is 11.3 Å². The van der Waals surface area contributed by atoms with Gasteiger partial charge in [0.2, 0.25) is 0 Å². The third-order valence-corrected chi connectivity index (χ3v) is 3.31. The summed E-state index contributed by atoms with van der Waals surface area (Å²) in [5.41, 5.74) is 9.50. The fourth-order valence-electron chi connectivity index (χ4n) is 2.36. The molecule has 0 fully saturated rings. The minimum absolute atomic E-state index is 0.225. The number of halogens is 1. The summed E-state index contributed by atoms with van der Waals surface area (Å²) in [6.45, 7) is 2.60. The van der Waals surface area contributed by atoms with Crippen LogP contribution in [0.3, 0.4) is 0 Å². The number of benzene rings is 2. The molecule has 3 nitrogen and oxygen atoms in total. The van der Waals surface area contributed by atoms with E-state index in [1.807, 2.05) is 37.4 Å². The van der Waals surface area contributed by atoms with E-state index in [0.29, 0.717) is 12.2 Å². The van der Waals surface area contributed by atoms with Gasteiger partial charge in [-0.25, -0.2) is 9.37 Å². The van der Waals surface area contributed by atoms with Gasteiger partial charge in [-0.2, -0.15) is 0 Å². The van der Waals surface area contributed by atoms with Gasteiger partial charge in [-0.05, 0) is 36.8 Å². The summed E-state index contributed by atoms with van der Waals surface area (Å²) in [5, 5.41) is 0. The zero-order valence-corrected chi connectivity index (χ0v) is 11.8. The van der Waals surface area contributed by atoms with E-state index in [1.165, 1.54) is 12.1 Å². The summed E-state index contributed by atoms with van der Waals surface area (Å²) in [6.07, 6.45) is 1.99. The lowest BCUT2D eigenvalue weighted by Crippen LogP contribution is -2.01. The second-order valence-corrected chi connectivity index (χ2v) is 5.09. The Labute approximate surface area is 122 Å². The monoisotopic (exact) mass is 281 g/mol. The van der Waals surface area contributed by atoms with Crippen LogP contribution >= 0.6 is 0 Å². The maximum absolute atomic E-state index is 13.0. The number of nitrogens with zero attached hydrogens (tertiary/aromatic N) is 2. The summed E-state index contributed by atoms with van der Waals surface area (Å²) >= 11 is 0. The average molecular weight is 281 g/mol. The quantitative estimate of drug-likeness (QED) is 0.745. The molecule has 4 heteroatoms. The number of nitrogen functional groups attached to an aromatic ring is 1. The Morgan fingerprint density at radius 1 is 1.14 bits per heavy atom. The number of rotatable bonds is 3. The first-order valence-electron chi connectivity index (χ1n) is 6.76. The summed E-state index contributed by atoms with van der Waals surface area (Å²) in [7, 11) is 0. The van der Waals surface area contributed by atoms with Gasteiger partial charge in [-0.3, -0.25) is 0 Å². The zero-order chi connectivity index (χ0) is 14.8. The molecule has 2 N–H and O–H groups in total. The second kappa shape index (κ2) is 5.40. The maximum atomic E-state index is 13.0. The lowest BCUT2D eigenvalue weighted by molar-refractivity contribution is 0.626. The van der Waals surface area contributed by atoms with Gasteiger partial charge in [0.15, 0.2) is 0 Å². The molecule has 0 aliphatic rings. The number of aromatic nitrogens is 2. The van der Waals surface area contributed by atoms with Crippen molar-refractivity contribution >= 4 is 5.69 Å². The predicted octanol–water partition coefficient (Wildman–Crippen LogP) is 3.63. The molecule has 106 valence electrons. The van der Waals surface area contributed by atoms with Crippen LogP contribution in [0.2, 0.25) is 0 Å². The van der Waals surface area contributed by atoms with E-state index in [4.69, 9.17) is 5.73 Å². The van der Waals surface area contributed by atoms with E-state index in [0.717, 1.165) is 22.6 Å². The van der Waals surface area contributed by atoms with Crippen molar-refractivity contribution in [2.45, 2.75) is 13.5 Å². The van der Waals surface area contributed by atoms with Crippen LogP contribution in [0.25, 0.3) is 11.4 Å². The fraction of sp³-hybridized carbons (Fsp3) is 0.118. The molecule has 0 atom stereocenters. The normalized spacial score (nSPS) is 10.8. The minimum Gasteiger partial charge on any atom is -0.399 e. The van der Waals surface area contributed by atoms with Crippen molar-refractivity contribution in [3.63, 3.8) is 0 Å². The number of anilines is 1. The van der Waals surface area contributed by atoms with Crippen molar-refractivity contribution in [3.05, 3.63) is 71.8 Å². The molecule has 0 aliphatic carbocycles. The third kappa shape index (κ3) is 2.94. The van der Waals surface area contributed by atoms with Crippen LogP contribution in [0.4, 0.5) is 10.1 Å². The Morgan fingerprint density at radius 2 is 1.90 bits per heavy atom. The van der Waals surface area contributed by atoms with Crippen LogP contribution in [0.15, 0.2) is 54.7 Å². The van der Waals surface area contributed by atoms with Gasteiger partial charge in [0.25, 0.3) is 0 Å². The van der Waals surface area contributed by atoms with E-state index in [2.05, 4.69) is 9.55 Å². The Balaban J connectivity index is 1.98. The largest absolute Gasteiger partial charge is 0.399 e. The highest BCUT2D eigenvalue weighted by atomic mass is 19.1.